The van der Waals surface area contributed by atoms with Gasteiger partial charge in [0.2, 0.25) is 0 Å². The molecule has 0 aromatic rings. The molecule has 0 rings (SSSR count). The number of carbonyl (C=O) groups excluding carboxylic acids is 1. The summed E-state index contributed by atoms with van der Waals surface area (Å²) in [4.78, 5) is 9.76. The second-order valence-electron chi connectivity index (χ2n) is 1.60. The minimum atomic E-state index is 0.292. The van der Waals surface area contributed by atoms with E-state index in [2.05, 4.69) is 17.5 Å². The monoisotopic (exact) mass is 146 g/mol. The molecule has 0 unspecified atom stereocenters. The molecule has 0 aliphatic heterocycles. The molecule has 52 valence electrons. The second-order valence-corrected chi connectivity index (χ2v) is 2.04. The summed E-state index contributed by atoms with van der Waals surface area (Å²) in [5.41, 5.74) is 5.11. The van der Waals surface area contributed by atoms with E-state index in [-0.39, 0.29) is 0 Å². The standard InChI is InChI=1S/C5H10N2OS/c6-5(9)7-3-1-2-4-8/h4H,1-3H2,(H3,6,7,9). The maximum absolute atomic E-state index is 9.76. The lowest BCUT2D eigenvalue weighted by Gasteiger charge is -1.98. The van der Waals surface area contributed by atoms with Gasteiger partial charge in [0.15, 0.2) is 5.11 Å². The van der Waals surface area contributed by atoms with Crippen LogP contribution in [0.4, 0.5) is 0 Å². The maximum atomic E-state index is 9.76. The summed E-state index contributed by atoms with van der Waals surface area (Å²) in [6, 6.07) is 0. The number of thiocarbonyl (C=S) groups is 1. The molecule has 0 bridgehead atoms. The number of carbonyl (C=O) groups is 1. The molecule has 0 spiro atoms. The van der Waals surface area contributed by atoms with Gasteiger partial charge in [-0.25, -0.2) is 0 Å². The van der Waals surface area contributed by atoms with Gasteiger partial charge in [0, 0.05) is 13.0 Å². The molecular weight excluding hydrogens is 136 g/mol. The van der Waals surface area contributed by atoms with Crippen molar-refractivity contribution in [1.82, 2.24) is 5.32 Å². The zero-order chi connectivity index (χ0) is 7.11. The van der Waals surface area contributed by atoms with Gasteiger partial charge >= 0.3 is 0 Å². The van der Waals surface area contributed by atoms with Crippen LogP contribution in [0.5, 0.6) is 0 Å². The van der Waals surface area contributed by atoms with Crippen LogP contribution in [0.1, 0.15) is 12.8 Å². The highest BCUT2D eigenvalue weighted by Gasteiger charge is 1.85. The lowest BCUT2D eigenvalue weighted by Crippen LogP contribution is -2.29. The van der Waals surface area contributed by atoms with Crippen molar-refractivity contribution in [2.24, 2.45) is 5.73 Å². The number of nitrogens with one attached hydrogen (secondary N) is 1. The number of hydrogen-bond donors (Lipinski definition) is 2. The molecule has 0 saturated heterocycles. The van der Waals surface area contributed by atoms with Crippen LogP contribution in [0.15, 0.2) is 0 Å². The van der Waals surface area contributed by atoms with E-state index in [1.165, 1.54) is 0 Å². The van der Waals surface area contributed by atoms with Crippen molar-refractivity contribution in [3.05, 3.63) is 0 Å². The van der Waals surface area contributed by atoms with Gasteiger partial charge in [-0.1, -0.05) is 0 Å². The smallest absolute Gasteiger partial charge is 0.163 e. The van der Waals surface area contributed by atoms with E-state index in [0.717, 1.165) is 12.7 Å². The quantitative estimate of drug-likeness (QED) is 0.327. The number of rotatable bonds is 4. The van der Waals surface area contributed by atoms with E-state index in [1.807, 2.05) is 0 Å². The molecule has 0 heterocycles. The van der Waals surface area contributed by atoms with Crippen molar-refractivity contribution in [2.75, 3.05) is 6.54 Å². The topological polar surface area (TPSA) is 55.1 Å². The minimum absolute atomic E-state index is 0.292. The lowest BCUT2D eigenvalue weighted by atomic mass is 10.3. The van der Waals surface area contributed by atoms with Crippen LogP contribution in [-0.4, -0.2) is 17.9 Å². The van der Waals surface area contributed by atoms with Crippen molar-refractivity contribution in [1.29, 1.82) is 0 Å². The summed E-state index contributed by atoms with van der Waals surface area (Å²) in [6.45, 7) is 0.689. The maximum Gasteiger partial charge on any atom is 0.163 e. The zero-order valence-corrected chi connectivity index (χ0v) is 5.91. The molecule has 0 aliphatic rings. The predicted octanol–water partition coefficient (Wildman–Crippen LogP) is -0.201. The molecular formula is C5H10N2OS. The van der Waals surface area contributed by atoms with E-state index in [4.69, 9.17) is 5.73 Å². The lowest BCUT2D eigenvalue weighted by molar-refractivity contribution is -0.107. The molecule has 0 aromatic heterocycles. The predicted molar refractivity (Wildman–Crippen MR) is 40.1 cm³/mol. The molecule has 0 aromatic carbocycles. The molecule has 0 amide bonds. The van der Waals surface area contributed by atoms with Crippen LogP contribution >= 0.6 is 12.2 Å². The summed E-state index contributed by atoms with van der Waals surface area (Å²) in [7, 11) is 0. The van der Waals surface area contributed by atoms with Crippen LogP contribution in [0.25, 0.3) is 0 Å². The van der Waals surface area contributed by atoms with Crippen LogP contribution in [0, 0.1) is 0 Å². The fourth-order valence-corrected chi connectivity index (χ4v) is 0.499. The van der Waals surface area contributed by atoms with Crippen molar-refractivity contribution in [3.63, 3.8) is 0 Å². The summed E-state index contributed by atoms with van der Waals surface area (Å²) in [5.74, 6) is 0. The molecule has 0 aliphatic carbocycles. The first kappa shape index (κ1) is 8.36. The third-order valence-corrected chi connectivity index (χ3v) is 0.942. The number of aldehydes is 1. The van der Waals surface area contributed by atoms with Gasteiger partial charge in [0.1, 0.15) is 6.29 Å². The molecule has 0 fully saturated rings. The van der Waals surface area contributed by atoms with Gasteiger partial charge in [-0.3, -0.25) is 0 Å². The van der Waals surface area contributed by atoms with Crippen molar-refractivity contribution in [3.8, 4) is 0 Å². The van der Waals surface area contributed by atoms with Crippen molar-refractivity contribution in [2.45, 2.75) is 12.8 Å². The molecule has 0 atom stereocenters. The third kappa shape index (κ3) is 7.36. The highest BCUT2D eigenvalue weighted by Crippen LogP contribution is 1.79. The van der Waals surface area contributed by atoms with Crippen LogP contribution < -0.4 is 11.1 Å². The second kappa shape index (κ2) is 5.50. The Balaban J connectivity index is 2.91. The highest BCUT2D eigenvalue weighted by molar-refractivity contribution is 7.80. The van der Waals surface area contributed by atoms with Gasteiger partial charge in [-0.05, 0) is 18.6 Å². The first-order chi connectivity index (χ1) is 4.27. The molecule has 3 N–H and O–H groups in total. The fourth-order valence-electron chi connectivity index (χ4n) is 0.397. The third-order valence-electron chi connectivity index (χ3n) is 0.798. The Morgan fingerprint density at radius 1 is 1.78 bits per heavy atom. The van der Waals surface area contributed by atoms with Gasteiger partial charge < -0.3 is 15.8 Å². The van der Waals surface area contributed by atoms with Gasteiger partial charge in [-0.2, -0.15) is 0 Å². The first-order valence-electron chi connectivity index (χ1n) is 2.74. The summed E-state index contributed by atoms with van der Waals surface area (Å²) >= 11 is 4.52. The SMILES string of the molecule is NC(=S)NCCCC=O. The van der Waals surface area contributed by atoms with Crippen LogP contribution in [0.3, 0.4) is 0 Å². The first-order valence-corrected chi connectivity index (χ1v) is 3.15. The normalized spacial score (nSPS) is 8.44. The van der Waals surface area contributed by atoms with E-state index >= 15 is 0 Å². The van der Waals surface area contributed by atoms with Gasteiger partial charge in [0.25, 0.3) is 0 Å². The van der Waals surface area contributed by atoms with E-state index < -0.39 is 0 Å². The Morgan fingerprint density at radius 2 is 2.44 bits per heavy atom. The molecule has 0 radical (unpaired) electrons. The van der Waals surface area contributed by atoms with Crippen LogP contribution in [-0.2, 0) is 4.79 Å². The summed E-state index contributed by atoms with van der Waals surface area (Å²) in [5, 5.41) is 3.02. The average molecular weight is 146 g/mol. The highest BCUT2D eigenvalue weighted by atomic mass is 32.1. The largest absolute Gasteiger partial charge is 0.376 e. The van der Waals surface area contributed by atoms with E-state index in [9.17, 15) is 4.79 Å². The van der Waals surface area contributed by atoms with Gasteiger partial charge in [0.05, 0.1) is 0 Å². The fraction of sp³-hybridized carbons (Fsp3) is 0.600. The van der Waals surface area contributed by atoms with Crippen molar-refractivity contribution >= 4 is 23.6 Å². The molecule has 0 saturated carbocycles. The van der Waals surface area contributed by atoms with E-state index in [1.54, 1.807) is 0 Å². The minimum Gasteiger partial charge on any atom is -0.376 e. The number of unbranched alkanes of at least 4 members (excludes halogenated alkanes) is 1. The Kier molecular flexibility index (Phi) is 5.11. The van der Waals surface area contributed by atoms with Gasteiger partial charge in [-0.15, -0.1) is 0 Å². The average Bonchev–Trinajstić information content (AvgIpc) is 1.80. The number of nitrogens with two attached hydrogens (primary N) is 1. The Bertz CT molecular complexity index is 105. The molecule has 9 heavy (non-hydrogen) atoms. The Labute approximate surface area is 59.6 Å². The Hall–Kier alpha value is -0.640. The Morgan fingerprint density at radius 3 is 2.89 bits per heavy atom. The number of hydrogen-bond acceptors (Lipinski definition) is 2. The molecule has 4 heteroatoms. The van der Waals surface area contributed by atoms with Crippen LogP contribution in [0.2, 0.25) is 0 Å². The summed E-state index contributed by atoms with van der Waals surface area (Å²) < 4.78 is 0. The zero-order valence-electron chi connectivity index (χ0n) is 5.09. The van der Waals surface area contributed by atoms with Crippen molar-refractivity contribution < 1.29 is 4.79 Å². The molecule has 3 nitrogen and oxygen atoms in total. The van der Waals surface area contributed by atoms with E-state index in [0.29, 0.717) is 18.1 Å². The summed E-state index contributed by atoms with van der Waals surface area (Å²) in [6.07, 6.45) is 2.23.